The van der Waals surface area contributed by atoms with Crippen molar-refractivity contribution in [2.45, 2.75) is 31.7 Å². The maximum Gasteiger partial charge on any atom is 0.243 e. The summed E-state index contributed by atoms with van der Waals surface area (Å²) in [5, 5.41) is 2.01. The van der Waals surface area contributed by atoms with E-state index in [-0.39, 0.29) is 11.4 Å². The van der Waals surface area contributed by atoms with Gasteiger partial charge in [0.25, 0.3) is 0 Å². The van der Waals surface area contributed by atoms with Crippen LogP contribution < -0.4 is 4.74 Å². The first-order valence-corrected chi connectivity index (χ1v) is 11.9. The summed E-state index contributed by atoms with van der Waals surface area (Å²) >= 11 is 1.64. The molecule has 3 aromatic rings. The van der Waals surface area contributed by atoms with E-state index in [4.69, 9.17) is 4.74 Å². The van der Waals surface area contributed by atoms with E-state index in [1.165, 1.54) is 4.31 Å². The van der Waals surface area contributed by atoms with Crippen molar-refractivity contribution in [3.05, 3.63) is 76.7 Å². The molecule has 0 radical (unpaired) electrons. The topological polar surface area (TPSA) is 59.5 Å². The van der Waals surface area contributed by atoms with Crippen LogP contribution in [0.15, 0.2) is 71.2 Å². The Morgan fingerprint density at radius 1 is 1.10 bits per heavy atom. The minimum Gasteiger partial charge on any atom is -0.493 e. The van der Waals surface area contributed by atoms with Crippen molar-refractivity contribution < 1.29 is 13.2 Å². The molecule has 0 saturated carbocycles. The number of hydrogen-bond acceptors (Lipinski definition) is 5. The van der Waals surface area contributed by atoms with Crippen LogP contribution in [-0.2, 0) is 23.0 Å². The van der Waals surface area contributed by atoms with Gasteiger partial charge in [0.15, 0.2) is 0 Å². The molecule has 0 N–H and O–H groups in total. The predicted molar refractivity (Wildman–Crippen MR) is 117 cm³/mol. The number of benzene rings is 1. The average Bonchev–Trinajstić information content (AvgIpc) is 3.24. The van der Waals surface area contributed by atoms with Crippen molar-refractivity contribution in [1.29, 1.82) is 0 Å². The van der Waals surface area contributed by atoms with Gasteiger partial charge in [-0.1, -0.05) is 26.0 Å². The zero-order chi connectivity index (χ0) is 20.7. The number of hydrogen-bond donors (Lipinski definition) is 0. The van der Waals surface area contributed by atoms with Crippen molar-refractivity contribution in [2.24, 2.45) is 5.92 Å². The molecule has 3 rings (SSSR count). The number of rotatable bonds is 10. The Labute approximate surface area is 177 Å². The number of nitrogens with zero attached hydrogens (tertiary/aromatic N) is 2. The summed E-state index contributed by atoms with van der Waals surface area (Å²) in [6.45, 7) is 5.43. The molecule has 0 unspecified atom stereocenters. The quantitative estimate of drug-likeness (QED) is 0.471. The summed E-state index contributed by atoms with van der Waals surface area (Å²) in [4.78, 5) is 5.54. The van der Waals surface area contributed by atoms with Crippen molar-refractivity contribution >= 4 is 21.4 Å². The Morgan fingerprint density at radius 3 is 2.52 bits per heavy atom. The summed E-state index contributed by atoms with van der Waals surface area (Å²) in [5.74, 6) is 1.08. The second-order valence-corrected chi connectivity index (χ2v) is 10.2. The third-order valence-corrected chi connectivity index (χ3v) is 7.11. The van der Waals surface area contributed by atoms with Crippen LogP contribution in [0, 0.1) is 5.92 Å². The minimum atomic E-state index is -3.65. The van der Waals surface area contributed by atoms with E-state index >= 15 is 0 Å². The second kappa shape index (κ2) is 10.0. The molecule has 0 amide bonds. The zero-order valence-electron chi connectivity index (χ0n) is 16.7. The zero-order valence-corrected chi connectivity index (χ0v) is 18.3. The van der Waals surface area contributed by atoms with E-state index in [9.17, 15) is 8.42 Å². The van der Waals surface area contributed by atoms with Gasteiger partial charge in [0.1, 0.15) is 5.75 Å². The molecule has 7 heteroatoms. The van der Waals surface area contributed by atoms with Crippen molar-refractivity contribution in [1.82, 2.24) is 9.29 Å². The monoisotopic (exact) mass is 430 g/mol. The van der Waals surface area contributed by atoms with Gasteiger partial charge in [0.05, 0.1) is 11.5 Å². The van der Waals surface area contributed by atoms with Crippen molar-refractivity contribution in [3.63, 3.8) is 0 Å². The molecule has 0 aliphatic rings. The Bertz CT molecular complexity index is 971. The fourth-order valence-electron chi connectivity index (χ4n) is 2.79. The lowest BCUT2D eigenvalue weighted by atomic mass is 10.2. The van der Waals surface area contributed by atoms with Gasteiger partial charge in [-0.2, -0.15) is 4.31 Å². The highest BCUT2D eigenvalue weighted by Gasteiger charge is 2.25. The standard InChI is InChI=1S/C22H26N2O3S2/c1-18(2)17-27-20-7-9-22(10-8-20)29(25,26)24(13-11-21-6-4-14-28-21)16-19-5-3-12-23-15-19/h3-10,12,14-15,18H,11,13,16-17H2,1-2H3. The number of aromatic nitrogens is 1. The summed E-state index contributed by atoms with van der Waals surface area (Å²) in [7, 11) is -3.65. The Balaban J connectivity index is 1.80. The van der Waals surface area contributed by atoms with Gasteiger partial charge >= 0.3 is 0 Å². The molecule has 0 atom stereocenters. The molecule has 154 valence electrons. The predicted octanol–water partition coefficient (Wildman–Crippen LogP) is 4.61. The lowest BCUT2D eigenvalue weighted by Gasteiger charge is -2.22. The Hall–Kier alpha value is -2.22. The molecule has 0 aliphatic carbocycles. The fraction of sp³-hybridized carbons (Fsp3) is 0.318. The Kier molecular flexibility index (Phi) is 7.41. The van der Waals surface area contributed by atoms with Crippen LogP contribution in [0.5, 0.6) is 5.75 Å². The molecule has 0 saturated heterocycles. The SMILES string of the molecule is CC(C)COc1ccc(S(=O)(=O)N(CCc2cccs2)Cc2cccnc2)cc1. The highest BCUT2D eigenvalue weighted by molar-refractivity contribution is 7.89. The van der Waals surface area contributed by atoms with Crippen LogP contribution in [0.1, 0.15) is 24.3 Å². The number of ether oxygens (including phenoxy) is 1. The first-order valence-electron chi connectivity index (χ1n) is 9.59. The van der Waals surface area contributed by atoms with Gasteiger partial charge in [-0.15, -0.1) is 11.3 Å². The molecular formula is C22H26N2O3S2. The minimum absolute atomic E-state index is 0.268. The normalized spacial score (nSPS) is 11.9. The molecule has 0 bridgehead atoms. The van der Waals surface area contributed by atoms with Crippen LogP contribution in [0.3, 0.4) is 0 Å². The Morgan fingerprint density at radius 2 is 1.90 bits per heavy atom. The van der Waals surface area contributed by atoms with E-state index in [2.05, 4.69) is 18.8 Å². The van der Waals surface area contributed by atoms with Crippen LogP contribution >= 0.6 is 11.3 Å². The summed E-state index contributed by atoms with van der Waals surface area (Å²) in [6, 6.07) is 14.4. The van der Waals surface area contributed by atoms with Gasteiger partial charge in [0.2, 0.25) is 10.0 Å². The van der Waals surface area contributed by atoms with Gasteiger partial charge in [-0.3, -0.25) is 4.98 Å². The molecule has 29 heavy (non-hydrogen) atoms. The summed E-state index contributed by atoms with van der Waals surface area (Å²) in [6.07, 6.45) is 4.06. The third kappa shape index (κ3) is 6.13. The van der Waals surface area contributed by atoms with Crippen LogP contribution in [0.2, 0.25) is 0 Å². The van der Waals surface area contributed by atoms with Gasteiger partial charge in [0, 0.05) is 30.4 Å². The second-order valence-electron chi connectivity index (χ2n) is 7.21. The van der Waals surface area contributed by atoms with E-state index in [0.29, 0.717) is 31.2 Å². The van der Waals surface area contributed by atoms with Crippen LogP contribution in [0.25, 0.3) is 0 Å². The highest BCUT2D eigenvalue weighted by Crippen LogP contribution is 2.22. The molecule has 2 aromatic heterocycles. The number of thiophene rings is 1. The summed E-state index contributed by atoms with van der Waals surface area (Å²) < 4.78 is 33.9. The maximum atomic E-state index is 13.3. The first kappa shape index (κ1) is 21.5. The fourth-order valence-corrected chi connectivity index (χ4v) is 4.92. The van der Waals surface area contributed by atoms with E-state index in [1.807, 2.05) is 29.6 Å². The van der Waals surface area contributed by atoms with Crippen LogP contribution in [-0.4, -0.2) is 30.9 Å². The van der Waals surface area contributed by atoms with Crippen molar-refractivity contribution in [2.75, 3.05) is 13.2 Å². The summed E-state index contributed by atoms with van der Waals surface area (Å²) in [5.41, 5.74) is 0.860. The van der Waals surface area contributed by atoms with E-state index in [0.717, 1.165) is 10.4 Å². The van der Waals surface area contributed by atoms with Gasteiger partial charge in [-0.05, 0) is 59.7 Å². The first-order chi connectivity index (χ1) is 13.9. The third-order valence-electron chi connectivity index (χ3n) is 4.31. The maximum absolute atomic E-state index is 13.3. The van der Waals surface area contributed by atoms with E-state index in [1.54, 1.807) is 48.0 Å². The van der Waals surface area contributed by atoms with Crippen molar-refractivity contribution in [3.8, 4) is 5.75 Å². The molecule has 0 fully saturated rings. The molecule has 0 spiro atoms. The average molecular weight is 431 g/mol. The number of sulfonamides is 1. The molecular weight excluding hydrogens is 404 g/mol. The molecule has 2 heterocycles. The van der Waals surface area contributed by atoms with Crippen LogP contribution in [0.4, 0.5) is 0 Å². The van der Waals surface area contributed by atoms with Gasteiger partial charge < -0.3 is 4.74 Å². The number of pyridine rings is 1. The smallest absolute Gasteiger partial charge is 0.243 e. The lowest BCUT2D eigenvalue weighted by molar-refractivity contribution is 0.271. The highest BCUT2D eigenvalue weighted by atomic mass is 32.2. The molecule has 0 aliphatic heterocycles. The van der Waals surface area contributed by atoms with E-state index < -0.39 is 10.0 Å². The largest absolute Gasteiger partial charge is 0.493 e. The molecule has 1 aromatic carbocycles. The molecule has 5 nitrogen and oxygen atoms in total. The lowest BCUT2D eigenvalue weighted by Crippen LogP contribution is -2.32. The van der Waals surface area contributed by atoms with Gasteiger partial charge in [-0.25, -0.2) is 8.42 Å².